The summed E-state index contributed by atoms with van der Waals surface area (Å²) >= 11 is 0. The van der Waals surface area contributed by atoms with Gasteiger partial charge in [-0.25, -0.2) is 19.3 Å². The Morgan fingerprint density at radius 2 is 1.89 bits per heavy atom. The van der Waals surface area contributed by atoms with Crippen LogP contribution in [0, 0.1) is 5.82 Å². The van der Waals surface area contributed by atoms with Crippen molar-refractivity contribution < 1.29 is 27.0 Å². The second-order valence-electron chi connectivity index (χ2n) is 8.72. The van der Waals surface area contributed by atoms with Gasteiger partial charge in [-0.3, -0.25) is 0 Å². The van der Waals surface area contributed by atoms with Gasteiger partial charge in [-0.2, -0.15) is 13.2 Å². The largest absolute Gasteiger partial charge is 0.424 e. The molecular formula is C25H24F4N6O2. The van der Waals surface area contributed by atoms with Gasteiger partial charge in [0.15, 0.2) is 0 Å². The number of halogens is 4. The molecule has 37 heavy (non-hydrogen) atoms. The average Bonchev–Trinajstić information content (AvgIpc) is 3.15. The van der Waals surface area contributed by atoms with Gasteiger partial charge >= 0.3 is 12.2 Å². The molecule has 0 bridgehead atoms. The first kappa shape index (κ1) is 24.8. The van der Waals surface area contributed by atoms with Crippen LogP contribution in [0.2, 0.25) is 0 Å². The zero-order valence-corrected chi connectivity index (χ0v) is 20.0. The summed E-state index contributed by atoms with van der Waals surface area (Å²) in [5, 5.41) is 6.73. The quantitative estimate of drug-likeness (QED) is 0.291. The minimum atomic E-state index is -4.56. The van der Waals surface area contributed by atoms with Crippen LogP contribution < -0.4 is 15.4 Å². The normalized spacial score (nSPS) is 14.9. The number of aryl methyl sites for hydroxylation is 1. The summed E-state index contributed by atoms with van der Waals surface area (Å²) in [5.74, 6) is 0.107. The first-order valence-corrected chi connectivity index (χ1v) is 11.6. The molecule has 4 aromatic rings. The molecule has 12 heteroatoms. The molecule has 194 valence electrons. The Morgan fingerprint density at radius 3 is 2.51 bits per heavy atom. The molecule has 0 saturated carbocycles. The van der Waals surface area contributed by atoms with E-state index in [2.05, 4.69) is 25.6 Å². The smallest absolute Gasteiger partial charge is 0.419 e. The van der Waals surface area contributed by atoms with Crippen molar-refractivity contribution in [2.45, 2.75) is 31.6 Å². The topological polar surface area (TPSA) is 86.1 Å². The van der Waals surface area contributed by atoms with E-state index in [1.165, 1.54) is 6.07 Å². The van der Waals surface area contributed by atoms with Crippen molar-refractivity contribution >= 4 is 22.7 Å². The lowest BCUT2D eigenvalue weighted by Crippen LogP contribution is -2.40. The molecule has 0 amide bonds. The summed E-state index contributed by atoms with van der Waals surface area (Å²) < 4.78 is 65.6. The fraction of sp³-hybridized carbons (Fsp3) is 0.320. The Bertz CT molecular complexity index is 1400. The number of benzene rings is 2. The molecule has 2 N–H and O–H groups in total. The van der Waals surface area contributed by atoms with Crippen LogP contribution in [0.1, 0.15) is 30.5 Å². The highest BCUT2D eigenvalue weighted by Gasteiger charge is 2.31. The highest BCUT2D eigenvalue weighted by molar-refractivity contribution is 5.82. The number of rotatable bonds is 8. The number of aromatic nitrogens is 4. The average molecular weight is 516 g/mol. The van der Waals surface area contributed by atoms with E-state index in [-0.39, 0.29) is 11.8 Å². The molecule has 1 fully saturated rings. The Kier molecular flexibility index (Phi) is 6.59. The maximum atomic E-state index is 15.1. The molecule has 1 aliphatic heterocycles. The Morgan fingerprint density at radius 1 is 1.14 bits per heavy atom. The van der Waals surface area contributed by atoms with Crippen LogP contribution in [-0.2, 0) is 18.0 Å². The second-order valence-corrected chi connectivity index (χ2v) is 8.72. The summed E-state index contributed by atoms with van der Waals surface area (Å²) in [7, 11) is 1.89. The maximum Gasteiger partial charge on any atom is 0.419 e. The van der Waals surface area contributed by atoms with Crippen molar-refractivity contribution in [3.05, 3.63) is 65.7 Å². The highest BCUT2D eigenvalue weighted by atomic mass is 19.4. The molecule has 1 unspecified atom stereocenters. The molecule has 5 rings (SSSR count). The van der Waals surface area contributed by atoms with E-state index >= 15 is 4.39 Å². The summed E-state index contributed by atoms with van der Waals surface area (Å²) in [5.41, 5.74) is 2.09. The van der Waals surface area contributed by atoms with Gasteiger partial charge in [0.1, 0.15) is 11.6 Å². The predicted octanol–water partition coefficient (Wildman–Crippen LogP) is 5.69. The van der Waals surface area contributed by atoms with Gasteiger partial charge in [0.25, 0.3) is 0 Å². The van der Waals surface area contributed by atoms with Crippen LogP contribution in [0.15, 0.2) is 48.8 Å². The number of alkyl halides is 3. The molecule has 0 spiro atoms. The number of imidazole rings is 1. The SMILES string of the molecule is CCC(Nc1nc2ccc(NC3COC3)cc2n1C)c1ccc(Oc2ncc(C(F)(F)F)cn2)cc1F. The third-order valence-electron chi connectivity index (χ3n) is 6.11. The monoisotopic (exact) mass is 516 g/mol. The third-order valence-corrected chi connectivity index (χ3v) is 6.11. The minimum Gasteiger partial charge on any atom is -0.424 e. The first-order chi connectivity index (χ1) is 17.7. The Labute approximate surface area is 209 Å². The van der Waals surface area contributed by atoms with Crippen LogP contribution in [-0.4, -0.2) is 38.8 Å². The van der Waals surface area contributed by atoms with Crippen LogP contribution in [0.5, 0.6) is 11.8 Å². The Hall–Kier alpha value is -3.93. The second kappa shape index (κ2) is 9.85. The van der Waals surface area contributed by atoms with Crippen molar-refractivity contribution in [2.75, 3.05) is 23.8 Å². The molecule has 1 aliphatic rings. The van der Waals surface area contributed by atoms with Crippen molar-refractivity contribution in [1.29, 1.82) is 0 Å². The standard InChI is InChI=1S/C25H24F4N6O2/c1-3-20(33-23-34-21-7-4-15(8-22(21)35(23)2)32-16-12-36-13-16)18-6-5-17(9-19(18)26)37-24-30-10-14(11-31-24)25(27,28)29/h4-11,16,20,32H,3,12-13H2,1-2H3,(H,33,34). The minimum absolute atomic E-state index is 0.0653. The third kappa shape index (κ3) is 5.29. The lowest BCUT2D eigenvalue weighted by atomic mass is 10.0. The number of ether oxygens (including phenoxy) is 2. The molecule has 0 radical (unpaired) electrons. The maximum absolute atomic E-state index is 15.1. The first-order valence-electron chi connectivity index (χ1n) is 11.6. The van der Waals surface area contributed by atoms with Gasteiger partial charge in [-0.05, 0) is 30.7 Å². The van der Waals surface area contributed by atoms with E-state index in [9.17, 15) is 13.2 Å². The van der Waals surface area contributed by atoms with E-state index in [4.69, 9.17) is 9.47 Å². The molecule has 3 heterocycles. The summed E-state index contributed by atoms with van der Waals surface area (Å²) in [6, 6.07) is 9.73. The molecule has 2 aromatic heterocycles. The Balaban J connectivity index is 1.31. The predicted molar refractivity (Wildman–Crippen MR) is 129 cm³/mol. The number of nitrogens with zero attached hydrogens (tertiary/aromatic N) is 4. The zero-order valence-electron chi connectivity index (χ0n) is 20.0. The fourth-order valence-corrected chi connectivity index (χ4v) is 3.99. The van der Waals surface area contributed by atoms with E-state index < -0.39 is 23.6 Å². The van der Waals surface area contributed by atoms with Crippen molar-refractivity contribution in [3.63, 3.8) is 0 Å². The lowest BCUT2D eigenvalue weighted by Gasteiger charge is -2.27. The van der Waals surface area contributed by atoms with Gasteiger partial charge in [0.2, 0.25) is 5.95 Å². The van der Waals surface area contributed by atoms with E-state index in [0.29, 0.717) is 49.6 Å². The van der Waals surface area contributed by atoms with Crippen molar-refractivity contribution in [3.8, 4) is 11.8 Å². The van der Waals surface area contributed by atoms with Gasteiger partial charge < -0.3 is 24.7 Å². The lowest BCUT2D eigenvalue weighted by molar-refractivity contribution is -0.138. The summed E-state index contributed by atoms with van der Waals surface area (Å²) in [6.45, 7) is 3.28. The van der Waals surface area contributed by atoms with Crippen LogP contribution in [0.4, 0.5) is 29.2 Å². The van der Waals surface area contributed by atoms with Crippen LogP contribution in [0.25, 0.3) is 11.0 Å². The fourth-order valence-electron chi connectivity index (χ4n) is 3.99. The number of fused-ring (bicyclic) bond motifs is 1. The number of hydrogen-bond donors (Lipinski definition) is 2. The van der Waals surface area contributed by atoms with Gasteiger partial charge in [0, 0.05) is 36.8 Å². The van der Waals surface area contributed by atoms with Gasteiger partial charge in [-0.1, -0.05) is 13.0 Å². The number of anilines is 2. The molecule has 8 nitrogen and oxygen atoms in total. The van der Waals surface area contributed by atoms with E-state index in [0.717, 1.165) is 22.8 Å². The molecule has 1 saturated heterocycles. The highest BCUT2D eigenvalue weighted by Crippen LogP contribution is 2.31. The number of nitrogens with one attached hydrogen (secondary N) is 2. The van der Waals surface area contributed by atoms with Crippen molar-refractivity contribution in [1.82, 2.24) is 19.5 Å². The van der Waals surface area contributed by atoms with Crippen molar-refractivity contribution in [2.24, 2.45) is 7.05 Å². The molecular weight excluding hydrogens is 492 g/mol. The molecule has 2 aromatic carbocycles. The summed E-state index contributed by atoms with van der Waals surface area (Å²) in [6.07, 6.45) is -2.77. The molecule has 0 aliphatic carbocycles. The van der Waals surface area contributed by atoms with Gasteiger partial charge in [0.05, 0.1) is 41.9 Å². The van der Waals surface area contributed by atoms with E-state index in [1.54, 1.807) is 6.07 Å². The van der Waals surface area contributed by atoms with Crippen LogP contribution in [0.3, 0.4) is 0 Å². The van der Waals surface area contributed by atoms with E-state index in [1.807, 2.05) is 36.7 Å². The summed E-state index contributed by atoms with van der Waals surface area (Å²) in [4.78, 5) is 11.8. The molecule has 1 atom stereocenters. The zero-order chi connectivity index (χ0) is 26.2. The van der Waals surface area contributed by atoms with Gasteiger partial charge in [-0.15, -0.1) is 0 Å². The van der Waals surface area contributed by atoms with Crippen LogP contribution >= 0.6 is 0 Å². The number of hydrogen-bond acceptors (Lipinski definition) is 7.